The molecule has 0 radical (unpaired) electrons. The van der Waals surface area contributed by atoms with Crippen LogP contribution in [0.1, 0.15) is 40.6 Å². The van der Waals surface area contributed by atoms with Crippen molar-refractivity contribution in [1.82, 2.24) is 34.0 Å². The third-order valence-electron chi connectivity index (χ3n) is 6.15. The maximum atomic E-state index is 13.3. The molecule has 10 nitrogen and oxygen atoms in total. The Kier molecular flexibility index (Phi) is 4.73. The summed E-state index contributed by atoms with van der Waals surface area (Å²) in [4.78, 5) is 28.0. The lowest BCUT2D eigenvalue weighted by atomic mass is 9.94. The van der Waals surface area contributed by atoms with Crippen molar-refractivity contribution in [3.63, 3.8) is 0 Å². The number of piperidine rings is 1. The maximum absolute atomic E-state index is 13.3. The molecule has 1 atom stereocenters. The summed E-state index contributed by atoms with van der Waals surface area (Å²) in [6.07, 6.45) is 5.35. The van der Waals surface area contributed by atoms with Crippen LogP contribution in [0.2, 0.25) is 0 Å². The molecule has 0 spiro atoms. The summed E-state index contributed by atoms with van der Waals surface area (Å²) in [6.45, 7) is 2.92. The Hall–Kier alpha value is -3.34. The van der Waals surface area contributed by atoms with Gasteiger partial charge in [0, 0.05) is 37.9 Å². The van der Waals surface area contributed by atoms with Crippen LogP contribution in [0.5, 0.6) is 0 Å². The lowest BCUT2D eigenvalue weighted by Gasteiger charge is -2.33. The van der Waals surface area contributed by atoms with E-state index in [0.29, 0.717) is 30.1 Å². The molecule has 3 aromatic heterocycles. The highest BCUT2D eigenvalue weighted by molar-refractivity contribution is 7.90. The fourth-order valence-corrected chi connectivity index (χ4v) is 5.34. The van der Waals surface area contributed by atoms with Crippen molar-refractivity contribution in [3.05, 3.63) is 47.8 Å². The Morgan fingerprint density at radius 2 is 2.03 bits per heavy atom. The molecule has 1 amide bonds. The number of sulfone groups is 1. The standard InChI is InChI=1S/C21H23N7O3S/c1-13-25-16-9-14(6-7-17(16)26(13)2)20(29)27-8-4-5-15(11-27)19-18(32(3,30)31)10-22-21-23-12-24-28(19)21/h6-7,9-10,12,15H,4-5,8,11H2,1-3H3/t15-/m1/s1. The largest absolute Gasteiger partial charge is 0.338 e. The number of aryl methyl sites for hydroxylation is 2. The van der Waals surface area contributed by atoms with Crippen molar-refractivity contribution in [2.45, 2.75) is 30.6 Å². The van der Waals surface area contributed by atoms with Gasteiger partial charge in [-0.15, -0.1) is 0 Å². The Bertz CT molecular complexity index is 1470. The number of nitrogens with zero attached hydrogens (tertiary/aromatic N) is 7. The van der Waals surface area contributed by atoms with E-state index >= 15 is 0 Å². The van der Waals surface area contributed by atoms with Crippen LogP contribution >= 0.6 is 0 Å². The molecule has 1 aliphatic rings. The molecule has 1 fully saturated rings. The Labute approximate surface area is 184 Å². The molecule has 0 aliphatic carbocycles. The molecule has 166 valence electrons. The molecule has 0 bridgehead atoms. The van der Waals surface area contributed by atoms with Crippen molar-refractivity contribution in [2.75, 3.05) is 19.3 Å². The molecule has 11 heteroatoms. The summed E-state index contributed by atoms with van der Waals surface area (Å²) >= 11 is 0. The van der Waals surface area contributed by atoms with Gasteiger partial charge in [0.2, 0.25) is 0 Å². The van der Waals surface area contributed by atoms with E-state index in [0.717, 1.165) is 36.0 Å². The summed E-state index contributed by atoms with van der Waals surface area (Å²) in [6, 6.07) is 5.55. The summed E-state index contributed by atoms with van der Waals surface area (Å²) in [5.41, 5.74) is 2.85. The number of benzene rings is 1. The van der Waals surface area contributed by atoms with Crippen LogP contribution in [0.3, 0.4) is 0 Å². The number of carbonyl (C=O) groups excluding carboxylic acids is 1. The molecule has 32 heavy (non-hydrogen) atoms. The number of fused-ring (bicyclic) bond motifs is 2. The number of imidazole rings is 1. The van der Waals surface area contributed by atoms with Gasteiger partial charge in [-0.25, -0.2) is 18.4 Å². The molecule has 5 rings (SSSR count). The van der Waals surface area contributed by atoms with Crippen LogP contribution in [-0.4, -0.2) is 67.7 Å². The smallest absolute Gasteiger partial charge is 0.253 e. The molecule has 0 saturated carbocycles. The molecule has 1 aliphatic heterocycles. The second-order valence-electron chi connectivity index (χ2n) is 8.26. The molecule has 0 unspecified atom stereocenters. The van der Waals surface area contributed by atoms with Gasteiger partial charge in [0.15, 0.2) is 9.84 Å². The molecule has 4 heterocycles. The summed E-state index contributed by atoms with van der Waals surface area (Å²) in [5, 5.41) is 4.21. The van der Waals surface area contributed by atoms with Gasteiger partial charge in [0.05, 0.1) is 22.9 Å². The normalized spacial score (nSPS) is 17.3. The maximum Gasteiger partial charge on any atom is 0.253 e. The SMILES string of the molecule is Cc1nc2cc(C(=O)N3CCC[C@@H](c4c(S(C)(=O)=O)cnc5ncnn45)C3)ccc2n1C. The Balaban J connectivity index is 1.50. The molecular formula is C21H23N7O3S. The molecule has 0 N–H and O–H groups in total. The molecular weight excluding hydrogens is 430 g/mol. The van der Waals surface area contributed by atoms with Crippen LogP contribution in [0.15, 0.2) is 35.6 Å². The number of hydrogen-bond donors (Lipinski definition) is 0. The highest BCUT2D eigenvalue weighted by Gasteiger charge is 2.31. The van der Waals surface area contributed by atoms with E-state index in [4.69, 9.17) is 0 Å². The zero-order valence-electron chi connectivity index (χ0n) is 18.1. The van der Waals surface area contributed by atoms with Gasteiger partial charge < -0.3 is 9.47 Å². The summed E-state index contributed by atoms with van der Waals surface area (Å²) in [5.74, 6) is 0.924. The first kappa shape index (κ1) is 20.6. The van der Waals surface area contributed by atoms with Crippen molar-refractivity contribution < 1.29 is 13.2 Å². The minimum atomic E-state index is -3.53. The minimum Gasteiger partial charge on any atom is -0.338 e. The van der Waals surface area contributed by atoms with Crippen molar-refractivity contribution in [1.29, 1.82) is 0 Å². The van der Waals surface area contributed by atoms with Crippen molar-refractivity contribution in [2.24, 2.45) is 7.05 Å². The summed E-state index contributed by atoms with van der Waals surface area (Å²) in [7, 11) is -1.59. The van der Waals surface area contributed by atoms with E-state index in [1.807, 2.05) is 36.7 Å². The zero-order chi connectivity index (χ0) is 22.6. The van der Waals surface area contributed by atoms with Gasteiger partial charge >= 0.3 is 0 Å². The predicted molar refractivity (Wildman–Crippen MR) is 117 cm³/mol. The van der Waals surface area contributed by atoms with Crippen molar-refractivity contribution in [3.8, 4) is 0 Å². The van der Waals surface area contributed by atoms with Crippen LogP contribution < -0.4 is 0 Å². The third-order valence-corrected chi connectivity index (χ3v) is 7.27. The topological polar surface area (TPSA) is 115 Å². The molecule has 4 aromatic rings. The second-order valence-corrected chi connectivity index (χ2v) is 10.2. The lowest BCUT2D eigenvalue weighted by molar-refractivity contribution is 0.0704. The monoisotopic (exact) mass is 453 g/mol. The van der Waals surface area contributed by atoms with E-state index in [9.17, 15) is 13.2 Å². The molecule has 1 saturated heterocycles. The summed E-state index contributed by atoms with van der Waals surface area (Å²) < 4.78 is 28.4. The quantitative estimate of drug-likeness (QED) is 0.464. The van der Waals surface area contributed by atoms with Crippen LogP contribution in [0, 0.1) is 6.92 Å². The van der Waals surface area contributed by atoms with E-state index < -0.39 is 9.84 Å². The number of hydrogen-bond acceptors (Lipinski definition) is 7. The van der Waals surface area contributed by atoms with E-state index in [2.05, 4.69) is 20.1 Å². The fraction of sp³-hybridized carbons (Fsp3) is 0.381. The number of rotatable bonds is 3. The van der Waals surface area contributed by atoms with Gasteiger partial charge in [0.1, 0.15) is 17.0 Å². The van der Waals surface area contributed by atoms with Gasteiger partial charge in [-0.3, -0.25) is 4.79 Å². The van der Waals surface area contributed by atoms with Gasteiger partial charge in [-0.05, 0) is 38.0 Å². The number of aromatic nitrogens is 6. The average Bonchev–Trinajstić information content (AvgIpc) is 3.36. The van der Waals surface area contributed by atoms with Crippen LogP contribution in [-0.2, 0) is 16.9 Å². The Morgan fingerprint density at radius 3 is 2.81 bits per heavy atom. The number of carbonyl (C=O) groups is 1. The van der Waals surface area contributed by atoms with Crippen LogP contribution in [0.25, 0.3) is 16.8 Å². The van der Waals surface area contributed by atoms with Gasteiger partial charge in [-0.1, -0.05) is 0 Å². The van der Waals surface area contributed by atoms with E-state index in [1.54, 1.807) is 4.90 Å². The van der Waals surface area contributed by atoms with Crippen LogP contribution in [0.4, 0.5) is 0 Å². The predicted octanol–water partition coefficient (Wildman–Crippen LogP) is 1.74. The molecule has 1 aromatic carbocycles. The first-order chi connectivity index (χ1) is 15.2. The van der Waals surface area contributed by atoms with Crippen molar-refractivity contribution >= 4 is 32.6 Å². The number of amides is 1. The van der Waals surface area contributed by atoms with E-state index in [-0.39, 0.29) is 16.7 Å². The Morgan fingerprint density at radius 1 is 1.22 bits per heavy atom. The fourth-order valence-electron chi connectivity index (χ4n) is 4.46. The lowest BCUT2D eigenvalue weighted by Crippen LogP contribution is -2.40. The average molecular weight is 454 g/mol. The highest BCUT2D eigenvalue weighted by Crippen LogP contribution is 2.32. The second kappa shape index (κ2) is 7.37. The minimum absolute atomic E-state index is 0.0929. The first-order valence-electron chi connectivity index (χ1n) is 10.3. The van der Waals surface area contributed by atoms with E-state index in [1.165, 1.54) is 17.0 Å². The zero-order valence-corrected chi connectivity index (χ0v) is 18.9. The first-order valence-corrected chi connectivity index (χ1v) is 12.2. The third kappa shape index (κ3) is 3.32. The van der Waals surface area contributed by atoms with Gasteiger partial charge in [-0.2, -0.15) is 14.6 Å². The highest BCUT2D eigenvalue weighted by atomic mass is 32.2. The van der Waals surface area contributed by atoms with Gasteiger partial charge in [0.25, 0.3) is 11.7 Å². The number of likely N-dealkylation sites (tertiary alicyclic amines) is 1.